The molecule has 1 aliphatic rings. The summed E-state index contributed by atoms with van der Waals surface area (Å²) in [5.74, 6) is 1.60. The summed E-state index contributed by atoms with van der Waals surface area (Å²) in [6, 6.07) is 67.2. The number of rotatable bonds is 4. The van der Waals surface area contributed by atoms with Gasteiger partial charge in [-0.2, -0.15) is 0 Å². The van der Waals surface area contributed by atoms with E-state index in [9.17, 15) is 0 Å². The van der Waals surface area contributed by atoms with Gasteiger partial charge in [0.15, 0.2) is 11.4 Å². The minimum absolute atomic E-state index is 0.109. The van der Waals surface area contributed by atoms with E-state index in [4.69, 9.17) is 14.4 Å². The summed E-state index contributed by atoms with van der Waals surface area (Å²) >= 11 is 0. The molecule has 12 aromatic rings. The molecule has 1 aliphatic heterocycles. The van der Waals surface area contributed by atoms with Crippen LogP contribution < -0.4 is 0 Å². The highest BCUT2D eigenvalue weighted by Gasteiger charge is 2.26. The Morgan fingerprint density at radius 2 is 1.06 bits per heavy atom. The molecular weight excluding hydrogens is 757 g/mol. The van der Waals surface area contributed by atoms with Gasteiger partial charge in [-0.05, 0) is 82.7 Å². The van der Waals surface area contributed by atoms with Crippen LogP contribution >= 0.6 is 0 Å². The molecule has 3 aromatic heterocycles. The number of hydrogen-bond acceptors (Lipinski definition) is 3. The van der Waals surface area contributed by atoms with Gasteiger partial charge in [0.2, 0.25) is 0 Å². The number of amidine groups is 1. The topological polar surface area (TPSA) is 47.7 Å². The zero-order valence-electron chi connectivity index (χ0n) is 34.0. The van der Waals surface area contributed by atoms with Gasteiger partial charge in [0.25, 0.3) is 0 Å². The highest BCUT2D eigenvalue weighted by atomic mass is 16.3. The molecule has 0 radical (unpaired) electrons. The summed E-state index contributed by atoms with van der Waals surface area (Å²) in [7, 11) is 0. The highest BCUT2D eigenvalue weighted by molar-refractivity contribution is 6.26. The van der Waals surface area contributed by atoms with E-state index in [1.165, 1.54) is 32.3 Å². The summed E-state index contributed by atoms with van der Waals surface area (Å²) in [5, 5.41) is 11.4. The van der Waals surface area contributed by atoms with E-state index >= 15 is 0 Å². The first-order chi connectivity index (χ1) is 30.7. The van der Waals surface area contributed by atoms with Crippen molar-refractivity contribution in [2.45, 2.75) is 13.3 Å². The molecule has 0 saturated heterocycles. The minimum atomic E-state index is 0.109. The monoisotopic (exact) mass is 794 g/mol. The van der Waals surface area contributed by atoms with Crippen molar-refractivity contribution in [3.63, 3.8) is 0 Å². The third-order valence-corrected chi connectivity index (χ3v) is 13.0. The Hall–Kier alpha value is -8.02. The van der Waals surface area contributed by atoms with Crippen molar-refractivity contribution in [1.29, 1.82) is 0 Å². The Labute approximate surface area is 356 Å². The Morgan fingerprint density at radius 3 is 1.79 bits per heavy atom. The maximum absolute atomic E-state index is 7.30. The van der Waals surface area contributed by atoms with Crippen LogP contribution in [0, 0.1) is 5.92 Å². The maximum atomic E-state index is 7.30. The van der Waals surface area contributed by atoms with Crippen molar-refractivity contribution >= 4 is 104 Å². The molecule has 9 aromatic carbocycles. The van der Waals surface area contributed by atoms with Gasteiger partial charge in [-0.25, -0.2) is 9.98 Å². The number of allylic oxidation sites excluding steroid dienone is 1. The van der Waals surface area contributed by atoms with Crippen LogP contribution in [0.25, 0.3) is 98.6 Å². The van der Waals surface area contributed by atoms with Crippen LogP contribution in [0.4, 0.5) is 0 Å². The summed E-state index contributed by atoms with van der Waals surface area (Å²) in [6.07, 6.45) is 3.08. The van der Waals surface area contributed by atoms with Gasteiger partial charge in [0.1, 0.15) is 11.4 Å². The standard InChI is InChI=1S/C57H38N4O/c1-35-27-32-52(61-48-25-13-9-21-41(48)42-22-10-14-26-49(42)61)58-57(59-54(35)37-16-3-2-4-17-37)45-30-31-50(56-53(45)44-29-28-36-15-7-8-20-40(36)55(44)62-56)60-47-24-12-11-23-43(47)46-33-38-18-5-6-19-39(38)34-51(46)60/h2-26,28-35H,27H2,1H3/b52-32-,58-57?,59-54?. The van der Waals surface area contributed by atoms with Gasteiger partial charge in [0.05, 0.1) is 33.5 Å². The molecule has 5 heteroatoms. The summed E-state index contributed by atoms with van der Waals surface area (Å²) in [5.41, 5.74) is 10.1. The zero-order valence-corrected chi connectivity index (χ0v) is 34.0. The first-order valence-corrected chi connectivity index (χ1v) is 21.4. The molecule has 5 nitrogen and oxygen atoms in total. The molecule has 4 heterocycles. The number of furan rings is 1. The van der Waals surface area contributed by atoms with E-state index < -0.39 is 0 Å². The van der Waals surface area contributed by atoms with Gasteiger partial charge < -0.3 is 8.98 Å². The van der Waals surface area contributed by atoms with Gasteiger partial charge >= 0.3 is 0 Å². The van der Waals surface area contributed by atoms with E-state index in [0.717, 1.165) is 89.5 Å². The highest BCUT2D eigenvalue weighted by Crippen LogP contribution is 2.43. The predicted molar refractivity (Wildman–Crippen MR) is 260 cm³/mol. The second-order valence-electron chi connectivity index (χ2n) is 16.5. The van der Waals surface area contributed by atoms with Crippen LogP contribution in [0.15, 0.2) is 209 Å². The number of aromatic nitrogens is 2. The number of hydrogen-bond donors (Lipinski definition) is 0. The van der Waals surface area contributed by atoms with Crippen molar-refractivity contribution in [2.75, 3.05) is 0 Å². The SMILES string of the molecule is CC1C/C=C(\n2c3ccccc3c3ccccc32)N=C(c2ccc(-n3c4ccccc4c4cc5ccccc5cc43)c3oc4c5ccccc5ccc4c23)N=C1c1ccccc1. The van der Waals surface area contributed by atoms with Crippen LogP contribution in [-0.2, 0) is 0 Å². The van der Waals surface area contributed by atoms with E-state index in [0.29, 0.717) is 5.84 Å². The second kappa shape index (κ2) is 13.5. The summed E-state index contributed by atoms with van der Waals surface area (Å²) in [4.78, 5) is 11.4. The Bertz CT molecular complexity index is 3860. The molecule has 0 spiro atoms. The van der Waals surface area contributed by atoms with E-state index in [1.807, 2.05) is 0 Å². The lowest BCUT2D eigenvalue weighted by molar-refractivity contribution is 0.670. The van der Waals surface area contributed by atoms with Crippen molar-refractivity contribution in [2.24, 2.45) is 15.9 Å². The van der Waals surface area contributed by atoms with E-state index in [-0.39, 0.29) is 5.92 Å². The fraction of sp³-hybridized carbons (Fsp3) is 0.0526. The number of aliphatic imine (C=N–C) groups is 2. The van der Waals surface area contributed by atoms with Crippen molar-refractivity contribution in [3.05, 3.63) is 205 Å². The average molecular weight is 795 g/mol. The molecule has 0 bridgehead atoms. The minimum Gasteiger partial charge on any atom is -0.453 e. The lowest BCUT2D eigenvalue weighted by Gasteiger charge is -2.20. The molecule has 292 valence electrons. The lowest BCUT2D eigenvalue weighted by atomic mass is 9.94. The van der Waals surface area contributed by atoms with Gasteiger partial charge in [-0.3, -0.25) is 4.57 Å². The molecule has 1 unspecified atom stereocenters. The Balaban J connectivity index is 1.16. The third kappa shape index (κ3) is 5.15. The van der Waals surface area contributed by atoms with Gasteiger partial charge in [0, 0.05) is 49.2 Å². The lowest BCUT2D eigenvalue weighted by Crippen LogP contribution is -2.18. The number of benzene rings is 9. The van der Waals surface area contributed by atoms with Crippen molar-refractivity contribution in [3.8, 4) is 5.69 Å². The fourth-order valence-electron chi connectivity index (χ4n) is 10.1. The molecule has 1 atom stereocenters. The molecule has 0 aliphatic carbocycles. The van der Waals surface area contributed by atoms with Crippen LogP contribution in [0.1, 0.15) is 24.5 Å². The largest absolute Gasteiger partial charge is 0.453 e. The first-order valence-electron chi connectivity index (χ1n) is 21.4. The third-order valence-electron chi connectivity index (χ3n) is 13.0. The van der Waals surface area contributed by atoms with Crippen LogP contribution in [0.5, 0.6) is 0 Å². The van der Waals surface area contributed by atoms with Crippen LogP contribution in [0.2, 0.25) is 0 Å². The van der Waals surface area contributed by atoms with Gasteiger partial charge in [-0.1, -0.05) is 146 Å². The van der Waals surface area contributed by atoms with Crippen molar-refractivity contribution in [1.82, 2.24) is 9.13 Å². The second-order valence-corrected chi connectivity index (χ2v) is 16.5. The normalized spacial score (nSPS) is 15.8. The molecule has 0 fully saturated rings. The molecule has 62 heavy (non-hydrogen) atoms. The first kappa shape index (κ1) is 34.8. The van der Waals surface area contributed by atoms with Crippen LogP contribution in [0.3, 0.4) is 0 Å². The molecule has 0 saturated carbocycles. The predicted octanol–water partition coefficient (Wildman–Crippen LogP) is 14.9. The summed E-state index contributed by atoms with van der Waals surface area (Å²) < 4.78 is 12.0. The fourth-order valence-corrected chi connectivity index (χ4v) is 10.1. The zero-order chi connectivity index (χ0) is 40.9. The number of nitrogens with zero attached hydrogens (tertiary/aromatic N) is 4. The Morgan fingerprint density at radius 1 is 0.468 bits per heavy atom. The number of fused-ring (bicyclic) bond motifs is 12. The summed E-state index contributed by atoms with van der Waals surface area (Å²) in [6.45, 7) is 2.28. The van der Waals surface area contributed by atoms with Gasteiger partial charge in [-0.15, -0.1) is 0 Å². The molecule has 0 amide bonds. The Kier molecular flexibility index (Phi) is 7.58. The van der Waals surface area contributed by atoms with Crippen molar-refractivity contribution < 1.29 is 4.42 Å². The number of para-hydroxylation sites is 3. The quantitative estimate of drug-likeness (QED) is 0.175. The van der Waals surface area contributed by atoms with E-state index in [1.54, 1.807) is 0 Å². The maximum Gasteiger partial charge on any atom is 0.162 e. The van der Waals surface area contributed by atoms with E-state index in [2.05, 4.69) is 210 Å². The molecule has 0 N–H and O–H groups in total. The molecular formula is C57H38N4O. The molecule has 13 rings (SSSR count). The smallest absolute Gasteiger partial charge is 0.162 e. The van der Waals surface area contributed by atoms with Crippen LogP contribution in [-0.4, -0.2) is 20.7 Å². The average Bonchev–Trinajstić information content (AvgIpc) is 3.98.